The van der Waals surface area contributed by atoms with Gasteiger partial charge in [-0.15, -0.1) is 11.8 Å². The van der Waals surface area contributed by atoms with Crippen LogP contribution in [0.4, 0.5) is 0 Å². The monoisotopic (exact) mass is 361 g/mol. The van der Waals surface area contributed by atoms with Crippen LogP contribution in [0.15, 0.2) is 57.5 Å². The Morgan fingerprint density at radius 3 is 2.57 bits per heavy atom. The second kappa shape index (κ2) is 5.66. The molecule has 0 N–H and O–H groups in total. The van der Waals surface area contributed by atoms with Crippen LogP contribution >= 0.6 is 27.7 Å². The molecular formula is C16H12BrNO2S. The summed E-state index contributed by atoms with van der Waals surface area (Å²) in [6.07, 6.45) is 1.68. The first-order chi connectivity index (χ1) is 10.0. The van der Waals surface area contributed by atoms with Crippen molar-refractivity contribution in [2.45, 2.75) is 17.1 Å². The van der Waals surface area contributed by atoms with Gasteiger partial charge in [0.15, 0.2) is 0 Å². The van der Waals surface area contributed by atoms with Crippen LogP contribution in [0.1, 0.15) is 21.9 Å². The van der Waals surface area contributed by atoms with Crippen molar-refractivity contribution in [3.05, 3.63) is 79.4 Å². The second-order valence-electron chi connectivity index (χ2n) is 4.92. The number of aryl methyl sites for hydroxylation is 1. The summed E-state index contributed by atoms with van der Waals surface area (Å²) in [6.45, 7) is 2.01. The highest BCUT2D eigenvalue weighted by molar-refractivity contribution is 9.10. The third-order valence-electron chi connectivity index (χ3n) is 3.38. The quantitative estimate of drug-likeness (QED) is 0.543. The van der Waals surface area contributed by atoms with Crippen molar-refractivity contribution >= 4 is 33.8 Å². The molecule has 2 aromatic carbocycles. The summed E-state index contributed by atoms with van der Waals surface area (Å²) in [5.74, 6) is 0. The van der Waals surface area contributed by atoms with Gasteiger partial charge in [-0.1, -0.05) is 45.8 Å². The maximum Gasteiger partial charge on any atom is 0.264 e. The number of nitro groups is 1. The topological polar surface area (TPSA) is 43.1 Å². The molecule has 0 bridgehead atoms. The molecule has 3 nitrogen and oxygen atoms in total. The zero-order valence-electron chi connectivity index (χ0n) is 11.2. The van der Waals surface area contributed by atoms with E-state index < -0.39 is 0 Å². The largest absolute Gasteiger partial charge is 0.264 e. The summed E-state index contributed by atoms with van der Waals surface area (Å²) >= 11 is 4.94. The fourth-order valence-corrected chi connectivity index (χ4v) is 3.89. The van der Waals surface area contributed by atoms with Crippen LogP contribution in [0, 0.1) is 17.0 Å². The highest BCUT2D eigenvalue weighted by Gasteiger charge is 2.32. The summed E-state index contributed by atoms with van der Waals surface area (Å²) in [4.78, 5) is 12.2. The Kier molecular flexibility index (Phi) is 3.87. The zero-order valence-corrected chi connectivity index (χ0v) is 13.6. The molecule has 2 aromatic rings. The minimum absolute atomic E-state index is 0.231. The predicted molar refractivity (Wildman–Crippen MR) is 88.9 cm³/mol. The minimum Gasteiger partial charge on any atom is -0.259 e. The lowest BCUT2D eigenvalue weighted by atomic mass is 10.0. The molecule has 21 heavy (non-hydrogen) atoms. The number of halogens is 1. The van der Waals surface area contributed by atoms with Gasteiger partial charge in [0.1, 0.15) is 5.25 Å². The molecule has 1 unspecified atom stereocenters. The number of hydrogen-bond acceptors (Lipinski definition) is 3. The van der Waals surface area contributed by atoms with E-state index in [0.717, 1.165) is 26.1 Å². The fraction of sp³-hybridized carbons (Fsp3) is 0.125. The van der Waals surface area contributed by atoms with E-state index in [1.165, 1.54) is 11.8 Å². The molecule has 1 aliphatic rings. The summed E-state index contributed by atoms with van der Waals surface area (Å²) in [5.41, 5.74) is 3.23. The summed E-state index contributed by atoms with van der Waals surface area (Å²) in [7, 11) is 0. The van der Waals surface area contributed by atoms with E-state index in [9.17, 15) is 10.1 Å². The molecule has 5 heteroatoms. The van der Waals surface area contributed by atoms with Crippen molar-refractivity contribution in [2.75, 3.05) is 0 Å². The van der Waals surface area contributed by atoms with E-state index in [1.54, 1.807) is 6.08 Å². The lowest BCUT2D eigenvalue weighted by Gasteiger charge is -2.20. The van der Waals surface area contributed by atoms with Crippen LogP contribution in [-0.2, 0) is 0 Å². The van der Waals surface area contributed by atoms with Crippen molar-refractivity contribution in [2.24, 2.45) is 0 Å². The summed E-state index contributed by atoms with van der Waals surface area (Å²) in [5, 5.41) is 11.1. The fourth-order valence-electron chi connectivity index (χ4n) is 2.29. The molecule has 1 heterocycles. The molecule has 1 atom stereocenters. The molecular weight excluding hydrogens is 350 g/mol. The number of benzene rings is 2. The van der Waals surface area contributed by atoms with Gasteiger partial charge in [-0.25, -0.2) is 0 Å². The number of hydrogen-bond donors (Lipinski definition) is 0. The van der Waals surface area contributed by atoms with E-state index in [1.807, 2.05) is 49.4 Å². The van der Waals surface area contributed by atoms with Crippen molar-refractivity contribution in [3.8, 4) is 0 Å². The summed E-state index contributed by atoms with van der Waals surface area (Å²) < 4.78 is 0.926. The highest BCUT2D eigenvalue weighted by Crippen LogP contribution is 2.47. The Balaban J connectivity index is 2.08. The molecule has 0 aliphatic carbocycles. The highest BCUT2D eigenvalue weighted by atomic mass is 79.9. The number of thioether (sulfide) groups is 1. The van der Waals surface area contributed by atoms with Crippen LogP contribution in [0.25, 0.3) is 6.08 Å². The molecule has 0 saturated heterocycles. The number of nitrogens with zero attached hydrogens (tertiary/aromatic N) is 1. The number of rotatable bonds is 2. The van der Waals surface area contributed by atoms with Gasteiger partial charge in [0.05, 0.1) is 4.92 Å². The molecule has 0 amide bonds. The van der Waals surface area contributed by atoms with Gasteiger partial charge < -0.3 is 0 Å². The minimum atomic E-state index is -0.276. The smallest absolute Gasteiger partial charge is 0.259 e. The van der Waals surface area contributed by atoms with Crippen molar-refractivity contribution in [1.82, 2.24) is 0 Å². The molecule has 0 aromatic heterocycles. The zero-order chi connectivity index (χ0) is 15.0. The Bertz CT molecular complexity index is 740. The molecule has 0 spiro atoms. The van der Waals surface area contributed by atoms with Crippen molar-refractivity contribution in [1.29, 1.82) is 0 Å². The van der Waals surface area contributed by atoms with Gasteiger partial charge in [0, 0.05) is 15.4 Å². The van der Waals surface area contributed by atoms with E-state index in [4.69, 9.17) is 0 Å². The second-order valence-corrected chi connectivity index (χ2v) is 6.98. The van der Waals surface area contributed by atoms with E-state index in [-0.39, 0.29) is 15.9 Å². The molecule has 0 fully saturated rings. The van der Waals surface area contributed by atoms with Gasteiger partial charge in [-0.3, -0.25) is 10.1 Å². The van der Waals surface area contributed by atoms with E-state index in [2.05, 4.69) is 15.9 Å². The van der Waals surface area contributed by atoms with Gasteiger partial charge >= 0.3 is 0 Å². The standard InChI is InChI=1S/C16H12BrNO2S/c1-10-2-4-11(5-3-10)16-14(18(19)20)9-12-8-13(17)6-7-15(12)21-16/h2-9,16H,1H3. The first-order valence-electron chi connectivity index (χ1n) is 6.43. The maximum absolute atomic E-state index is 11.4. The predicted octanol–water partition coefficient (Wildman–Crippen LogP) is 5.22. The lowest BCUT2D eigenvalue weighted by molar-refractivity contribution is -0.425. The molecule has 106 valence electrons. The van der Waals surface area contributed by atoms with Gasteiger partial charge in [0.2, 0.25) is 0 Å². The average Bonchev–Trinajstić information content (AvgIpc) is 2.46. The third kappa shape index (κ3) is 2.89. The van der Waals surface area contributed by atoms with Crippen LogP contribution in [0.2, 0.25) is 0 Å². The molecule has 0 radical (unpaired) electrons. The van der Waals surface area contributed by atoms with E-state index in [0.29, 0.717) is 0 Å². The Morgan fingerprint density at radius 2 is 1.90 bits per heavy atom. The first kappa shape index (κ1) is 14.4. The third-order valence-corrected chi connectivity index (χ3v) is 5.25. The van der Waals surface area contributed by atoms with Gasteiger partial charge in [-0.2, -0.15) is 0 Å². The lowest BCUT2D eigenvalue weighted by Crippen LogP contribution is -2.11. The molecule has 1 aliphatic heterocycles. The number of fused-ring (bicyclic) bond motifs is 1. The van der Waals surface area contributed by atoms with Crippen LogP contribution in [-0.4, -0.2) is 4.92 Å². The van der Waals surface area contributed by atoms with Crippen LogP contribution in [0.3, 0.4) is 0 Å². The normalized spacial score (nSPS) is 17.0. The molecule has 3 rings (SSSR count). The summed E-state index contributed by atoms with van der Waals surface area (Å²) in [6, 6.07) is 13.8. The maximum atomic E-state index is 11.4. The van der Waals surface area contributed by atoms with Crippen LogP contribution < -0.4 is 0 Å². The Hall–Kier alpha value is -1.59. The average molecular weight is 362 g/mol. The van der Waals surface area contributed by atoms with E-state index >= 15 is 0 Å². The Morgan fingerprint density at radius 1 is 1.19 bits per heavy atom. The van der Waals surface area contributed by atoms with Crippen molar-refractivity contribution in [3.63, 3.8) is 0 Å². The van der Waals surface area contributed by atoms with Crippen molar-refractivity contribution < 1.29 is 4.92 Å². The van der Waals surface area contributed by atoms with Crippen LogP contribution in [0.5, 0.6) is 0 Å². The first-order valence-corrected chi connectivity index (χ1v) is 8.10. The SMILES string of the molecule is Cc1ccc(C2Sc3ccc(Br)cc3C=C2[N+](=O)[O-])cc1. The van der Waals surface area contributed by atoms with Gasteiger partial charge in [-0.05, 0) is 36.2 Å². The Labute approximate surface area is 135 Å². The van der Waals surface area contributed by atoms with Gasteiger partial charge in [0.25, 0.3) is 5.70 Å². The molecule has 0 saturated carbocycles.